The molecule has 1 aliphatic carbocycles. The molecule has 26 heavy (non-hydrogen) atoms. The van der Waals surface area contributed by atoms with Crippen LogP contribution in [0.25, 0.3) is 0 Å². The summed E-state index contributed by atoms with van der Waals surface area (Å²) in [5, 5.41) is 7.01. The number of carbonyl (C=O) groups excluding carboxylic acids is 2. The zero-order valence-corrected chi connectivity index (χ0v) is 14.0. The van der Waals surface area contributed by atoms with Crippen LogP contribution in [0, 0.1) is 0 Å². The van der Waals surface area contributed by atoms with Crippen molar-refractivity contribution in [1.82, 2.24) is 25.0 Å². The number of carbonyl (C=O) groups is 2. The number of alkyl halides is 1. The van der Waals surface area contributed by atoms with Gasteiger partial charge < -0.3 is 15.2 Å². The molecule has 2 amide bonds. The molecular weight excluding hydrogens is 341 g/mol. The maximum Gasteiger partial charge on any atom is 0.260 e. The number of rotatable bonds is 4. The van der Waals surface area contributed by atoms with Crippen molar-refractivity contribution in [2.75, 3.05) is 6.54 Å². The molecule has 2 aliphatic rings. The summed E-state index contributed by atoms with van der Waals surface area (Å²) in [6.07, 6.45) is 3.64. The number of hydrogen-bond donors (Lipinski definition) is 2. The Bertz CT molecular complexity index is 930. The molecule has 3 heterocycles. The molecule has 0 radical (unpaired) electrons. The molecule has 2 aromatic rings. The van der Waals surface area contributed by atoms with Crippen LogP contribution in [0.2, 0.25) is 0 Å². The molecule has 9 heteroatoms. The van der Waals surface area contributed by atoms with E-state index in [1.165, 1.54) is 23.2 Å². The minimum absolute atomic E-state index is 0.212. The SMILES string of the molecule is O=C(NCc1cnn2c1CN(C(=O)C1(F)CC1)CC2)c1cc[nH]c(=O)c1. The third-order valence-corrected chi connectivity index (χ3v) is 4.79. The van der Waals surface area contributed by atoms with Crippen molar-refractivity contribution in [3.8, 4) is 0 Å². The van der Waals surface area contributed by atoms with Crippen LogP contribution < -0.4 is 10.9 Å². The van der Waals surface area contributed by atoms with Crippen LogP contribution in [0.5, 0.6) is 0 Å². The zero-order valence-electron chi connectivity index (χ0n) is 14.0. The maximum absolute atomic E-state index is 14.1. The van der Waals surface area contributed by atoms with E-state index in [-0.39, 0.29) is 30.1 Å². The quantitative estimate of drug-likeness (QED) is 0.822. The fourth-order valence-electron chi connectivity index (χ4n) is 3.09. The third-order valence-electron chi connectivity index (χ3n) is 4.79. The summed E-state index contributed by atoms with van der Waals surface area (Å²) in [6, 6.07) is 2.74. The predicted octanol–water partition coefficient (Wildman–Crippen LogP) is 0.346. The molecule has 0 bridgehead atoms. The molecule has 0 aromatic carbocycles. The lowest BCUT2D eigenvalue weighted by Crippen LogP contribution is -2.43. The van der Waals surface area contributed by atoms with Crippen molar-refractivity contribution in [1.29, 1.82) is 0 Å². The van der Waals surface area contributed by atoms with Gasteiger partial charge >= 0.3 is 0 Å². The number of hydrogen-bond acceptors (Lipinski definition) is 4. The summed E-state index contributed by atoms with van der Waals surface area (Å²) in [4.78, 5) is 39.7. The number of aromatic amines is 1. The van der Waals surface area contributed by atoms with E-state index in [1.54, 1.807) is 10.9 Å². The minimum Gasteiger partial charge on any atom is -0.348 e. The van der Waals surface area contributed by atoms with Crippen LogP contribution in [-0.4, -0.2) is 43.7 Å². The summed E-state index contributed by atoms with van der Waals surface area (Å²) >= 11 is 0. The lowest BCUT2D eigenvalue weighted by molar-refractivity contribution is -0.139. The summed E-state index contributed by atoms with van der Waals surface area (Å²) in [5.74, 6) is -0.830. The Hall–Kier alpha value is -2.97. The molecule has 0 spiro atoms. The maximum atomic E-state index is 14.1. The number of H-pyrrole nitrogens is 1. The second-order valence-electron chi connectivity index (χ2n) is 6.66. The van der Waals surface area contributed by atoms with Gasteiger partial charge in [-0.05, 0) is 18.9 Å². The van der Waals surface area contributed by atoms with Crippen molar-refractivity contribution < 1.29 is 14.0 Å². The number of pyridine rings is 1. The lowest BCUT2D eigenvalue weighted by atomic mass is 10.1. The van der Waals surface area contributed by atoms with Crippen molar-refractivity contribution in [3.63, 3.8) is 0 Å². The molecule has 1 fully saturated rings. The van der Waals surface area contributed by atoms with Gasteiger partial charge in [-0.2, -0.15) is 5.10 Å². The van der Waals surface area contributed by atoms with E-state index in [2.05, 4.69) is 15.4 Å². The highest BCUT2D eigenvalue weighted by Gasteiger charge is 2.53. The Morgan fingerprint density at radius 3 is 2.88 bits per heavy atom. The van der Waals surface area contributed by atoms with Crippen molar-refractivity contribution in [2.45, 2.75) is 38.1 Å². The minimum atomic E-state index is -1.68. The number of fused-ring (bicyclic) bond motifs is 1. The molecule has 0 atom stereocenters. The monoisotopic (exact) mass is 359 g/mol. The smallest absolute Gasteiger partial charge is 0.260 e. The predicted molar refractivity (Wildman–Crippen MR) is 88.9 cm³/mol. The van der Waals surface area contributed by atoms with Gasteiger partial charge in [-0.1, -0.05) is 0 Å². The van der Waals surface area contributed by atoms with Gasteiger partial charge in [0.2, 0.25) is 5.56 Å². The third kappa shape index (κ3) is 3.00. The van der Waals surface area contributed by atoms with Crippen molar-refractivity contribution >= 4 is 11.8 Å². The van der Waals surface area contributed by atoms with Crippen LogP contribution in [0.3, 0.4) is 0 Å². The van der Waals surface area contributed by atoms with Crippen LogP contribution in [-0.2, 0) is 24.4 Å². The number of amides is 2. The Labute approximate surface area is 148 Å². The van der Waals surface area contributed by atoms with E-state index in [9.17, 15) is 18.8 Å². The van der Waals surface area contributed by atoms with Crippen molar-refractivity contribution in [2.24, 2.45) is 0 Å². The molecule has 1 aliphatic heterocycles. The van der Waals surface area contributed by atoms with E-state index in [1.807, 2.05) is 0 Å². The van der Waals surface area contributed by atoms with Crippen LogP contribution >= 0.6 is 0 Å². The van der Waals surface area contributed by atoms with Crippen LogP contribution in [0.1, 0.15) is 34.5 Å². The molecule has 0 saturated heterocycles. The first-order valence-corrected chi connectivity index (χ1v) is 8.45. The van der Waals surface area contributed by atoms with E-state index in [4.69, 9.17) is 0 Å². The molecule has 2 aromatic heterocycles. The standard InChI is InChI=1S/C17H18FN5O3/c18-17(2-3-17)16(26)22-5-6-23-13(10-22)12(9-21-23)8-20-15(25)11-1-4-19-14(24)7-11/h1,4,7,9H,2-3,5-6,8,10H2,(H,19,24)(H,20,25). The number of aromatic nitrogens is 3. The van der Waals surface area contributed by atoms with Gasteiger partial charge in [0.05, 0.1) is 25.0 Å². The van der Waals surface area contributed by atoms with Crippen LogP contribution in [0.15, 0.2) is 29.3 Å². The lowest BCUT2D eigenvalue weighted by Gasteiger charge is -2.29. The molecule has 4 rings (SSSR count). The Balaban J connectivity index is 1.45. The number of nitrogens with one attached hydrogen (secondary N) is 2. The van der Waals surface area contributed by atoms with Gasteiger partial charge in [0.15, 0.2) is 5.67 Å². The second-order valence-corrected chi connectivity index (χ2v) is 6.66. The summed E-state index contributed by atoms with van der Waals surface area (Å²) in [5.41, 5.74) is -0.212. The molecule has 2 N–H and O–H groups in total. The van der Waals surface area contributed by atoms with Gasteiger partial charge in [-0.3, -0.25) is 19.1 Å². The zero-order chi connectivity index (χ0) is 18.3. The highest BCUT2D eigenvalue weighted by Crippen LogP contribution is 2.42. The normalized spacial score (nSPS) is 17.5. The molecule has 136 valence electrons. The summed E-state index contributed by atoms with van der Waals surface area (Å²) in [6.45, 7) is 1.42. The number of nitrogens with zero attached hydrogens (tertiary/aromatic N) is 3. The molecule has 8 nitrogen and oxygen atoms in total. The fraction of sp³-hybridized carbons (Fsp3) is 0.412. The van der Waals surface area contributed by atoms with E-state index in [0.717, 1.165) is 11.3 Å². The average Bonchev–Trinajstić information content (AvgIpc) is 3.27. The first-order chi connectivity index (χ1) is 12.5. The summed E-state index contributed by atoms with van der Waals surface area (Å²) in [7, 11) is 0. The van der Waals surface area contributed by atoms with Gasteiger partial charge in [0.25, 0.3) is 11.8 Å². The first kappa shape index (κ1) is 16.5. The average molecular weight is 359 g/mol. The molecular formula is C17H18FN5O3. The Morgan fingerprint density at radius 1 is 1.35 bits per heavy atom. The topological polar surface area (TPSA) is 100 Å². The van der Waals surface area contributed by atoms with Gasteiger partial charge in [-0.25, -0.2) is 4.39 Å². The van der Waals surface area contributed by atoms with Crippen molar-refractivity contribution in [3.05, 3.63) is 51.7 Å². The van der Waals surface area contributed by atoms with E-state index in [0.29, 0.717) is 25.9 Å². The highest BCUT2D eigenvalue weighted by molar-refractivity contribution is 5.93. The molecule has 0 unspecified atom stereocenters. The van der Waals surface area contributed by atoms with E-state index >= 15 is 0 Å². The van der Waals surface area contributed by atoms with Gasteiger partial charge in [0, 0.05) is 36.5 Å². The summed E-state index contributed by atoms with van der Waals surface area (Å²) < 4.78 is 15.8. The Kier molecular flexibility index (Phi) is 3.86. The number of halogens is 1. The van der Waals surface area contributed by atoms with Gasteiger partial charge in [0.1, 0.15) is 0 Å². The first-order valence-electron chi connectivity index (χ1n) is 8.45. The fourth-order valence-corrected chi connectivity index (χ4v) is 3.09. The highest BCUT2D eigenvalue weighted by atomic mass is 19.1. The second kappa shape index (κ2) is 6.08. The van der Waals surface area contributed by atoms with Crippen LogP contribution in [0.4, 0.5) is 4.39 Å². The van der Waals surface area contributed by atoms with Gasteiger partial charge in [-0.15, -0.1) is 0 Å². The Morgan fingerprint density at radius 2 is 2.15 bits per heavy atom. The largest absolute Gasteiger partial charge is 0.348 e. The van der Waals surface area contributed by atoms with E-state index < -0.39 is 11.6 Å². The molecule has 1 saturated carbocycles.